The Labute approximate surface area is 840 Å². The fourth-order valence-corrected chi connectivity index (χ4v) is 14.2. The van der Waals surface area contributed by atoms with E-state index in [0.29, 0.717) is 24.2 Å². The summed E-state index contributed by atoms with van der Waals surface area (Å²) >= 11 is 0. The number of imidazole rings is 7. The molecule has 2 aliphatic heterocycles. The van der Waals surface area contributed by atoms with Gasteiger partial charge in [-0.3, -0.25) is 45.5 Å². The average molecular weight is 2210 g/mol. The third kappa shape index (κ3) is 41.5. The van der Waals surface area contributed by atoms with Crippen LogP contribution >= 0.6 is 0 Å². The number of aliphatic hydroxyl groups excluding tert-OH is 5. The number of rotatable bonds is 46. The van der Waals surface area contributed by atoms with E-state index in [1.807, 2.05) is 6.92 Å². The minimum absolute atomic E-state index is 0.0233. The molecule has 15 unspecified atom stereocenters. The zero-order valence-electron chi connectivity index (χ0n) is 80.6. The number of aromatic nitrogens is 20. The van der Waals surface area contributed by atoms with Gasteiger partial charge in [-0.25, -0.2) is 67.1 Å². The molecule has 11 rings (SSSR count). The van der Waals surface area contributed by atoms with E-state index in [2.05, 4.69) is 68.1 Å². The number of nitro groups is 7. The Kier molecular flexibility index (Phi) is 48.1. The standard InChI is InChI=1S/C13H17N3O10S.C12H16N6O7S.C12H17N3O9S.C10H14N6O3.C9H13N3O7S.C9H13N3O5.C8H13N3O4/c1-7(17)24-11-9(5-23-27(3,21)22)26-13(12(11)25-8(2)18)15-6-14-4-10(15)16(19)20;1-9(19)24-6-11(7-25-26(2,22)23)17-5-10(14-15-17)4-16-8-13-3-12(16)18(20)21;1-8(16)23-10(5-14-7-13-4-12(14)15(18)19)11(24-9(2)17)6-22-25(3,20)21;1-2-9(6-17)15-5-8(12-13-15)4-14-7-11-3-10(14)16(18)19;1-7(13)19-8(5-18-20(2,16)17)4-11-6-10-3-9(11)12(14)15;1-2-5-7(13)8(14)9(17-5)11-4-10-3-6(11)12(15)16;1-2-6(12)7(13)4-10-5-9-3-8(10)11(14)15/h4,6,9,11-13H,5H2,1-3H3;3,5,8,11H,4,6-7H2,1-2H3;4,7,10-11H,5-6H2,1-3H3;3,5,7,9,17H,2,4,6H2,1H3;3,6,8H,4-5H2,1-2H3;3-5,7-9,13-14H,2H2,1H3;3,5-7,12-13H,2,4H2,1H3. The topological polar surface area (TPSA) is 939 Å². The first-order chi connectivity index (χ1) is 69.6. The molecule has 5 N–H and O–H groups in total. The van der Waals surface area contributed by atoms with Crippen LogP contribution in [0.5, 0.6) is 0 Å². The van der Waals surface area contributed by atoms with Gasteiger partial charge in [-0.15, -0.1) is 10.2 Å². The first-order valence-corrected chi connectivity index (χ1v) is 49.7. The molecule has 0 amide bonds. The number of ether oxygens (including phenoxy) is 8. The van der Waals surface area contributed by atoms with Gasteiger partial charge in [0.1, 0.15) is 138 Å². The summed E-state index contributed by atoms with van der Waals surface area (Å²) in [7, 11) is -15.1. The zero-order valence-corrected chi connectivity index (χ0v) is 83.8. The number of nitrogens with zero attached hydrogens (tertiary/aromatic N) is 27. The molecule has 76 heteroatoms. The smallest absolute Gasteiger partial charge is 0.344 e. The number of carbonyl (C=O) groups is 6. The molecule has 0 aliphatic carbocycles. The highest BCUT2D eigenvalue weighted by Crippen LogP contribution is 2.38. The maximum atomic E-state index is 11.5. The minimum Gasteiger partial charge on any atom is -0.463 e. The number of carbonyl (C=O) groups excluding carboxylic acids is 6. The molecular weight excluding hydrogens is 2100 g/mol. The molecule has 0 radical (unpaired) electrons. The Bertz CT molecular complexity index is 6490. The summed E-state index contributed by atoms with van der Waals surface area (Å²) in [4.78, 5) is 164. The normalized spacial score (nSPS) is 17.7. The Morgan fingerprint density at radius 3 is 1.15 bits per heavy atom. The molecule has 9 aromatic heterocycles. The molecule has 2 saturated heterocycles. The van der Waals surface area contributed by atoms with Gasteiger partial charge in [0.05, 0.1) is 75.5 Å². The van der Waals surface area contributed by atoms with Crippen molar-refractivity contribution in [2.24, 2.45) is 0 Å². The fourth-order valence-electron chi connectivity index (χ4n) is 12.6. The molecule has 824 valence electrons. The lowest BCUT2D eigenvalue weighted by atomic mass is 10.1. The molecule has 0 aromatic carbocycles. The first kappa shape index (κ1) is 124. The van der Waals surface area contributed by atoms with Crippen molar-refractivity contribution in [2.45, 2.75) is 206 Å². The van der Waals surface area contributed by atoms with Crippen molar-refractivity contribution in [2.75, 3.05) is 64.7 Å². The molecule has 0 bridgehead atoms. The minimum atomic E-state index is -3.86. The van der Waals surface area contributed by atoms with E-state index in [1.54, 1.807) is 24.7 Å². The quantitative estimate of drug-likeness (QED) is 0.00952. The third-order valence-corrected chi connectivity index (χ3v) is 21.4. The van der Waals surface area contributed by atoms with E-state index < -0.39 is 222 Å². The fraction of sp³-hybridized carbons (Fsp3) is 0.575. The molecule has 2 fully saturated rings. The Morgan fingerprint density at radius 1 is 0.403 bits per heavy atom. The van der Waals surface area contributed by atoms with Gasteiger partial charge in [0.2, 0.25) is 18.6 Å². The lowest BCUT2D eigenvalue weighted by molar-refractivity contribution is -0.394. The monoisotopic (exact) mass is 2210 g/mol. The largest absolute Gasteiger partial charge is 0.463 e. The van der Waals surface area contributed by atoms with Crippen LogP contribution in [0, 0.1) is 70.8 Å². The number of hydrogen-bond donors (Lipinski definition) is 5. The van der Waals surface area contributed by atoms with Crippen LogP contribution in [0.3, 0.4) is 0 Å². The van der Waals surface area contributed by atoms with Crippen molar-refractivity contribution in [1.82, 2.24) is 96.8 Å². The molecule has 2 aliphatic rings. The summed E-state index contributed by atoms with van der Waals surface area (Å²) in [5, 5.41) is 139. The van der Waals surface area contributed by atoms with E-state index in [-0.39, 0.29) is 93.5 Å². The van der Waals surface area contributed by atoms with E-state index in [9.17, 15) is 154 Å². The van der Waals surface area contributed by atoms with Gasteiger partial charge in [0, 0.05) is 41.5 Å². The zero-order chi connectivity index (χ0) is 112. The van der Waals surface area contributed by atoms with Crippen LogP contribution in [0.2, 0.25) is 0 Å². The predicted molar refractivity (Wildman–Crippen MR) is 486 cm³/mol. The van der Waals surface area contributed by atoms with E-state index in [1.165, 1.54) is 69.3 Å². The van der Waals surface area contributed by atoms with E-state index in [0.717, 1.165) is 134 Å². The van der Waals surface area contributed by atoms with Gasteiger partial charge in [0.25, 0.3) is 40.5 Å². The number of hydrogen-bond acceptors (Lipinski definition) is 56. The van der Waals surface area contributed by atoms with Crippen LogP contribution in [0.15, 0.2) is 100 Å². The molecule has 11 heterocycles. The summed E-state index contributed by atoms with van der Waals surface area (Å²) in [5.41, 5.74) is 0.936. The molecule has 9 aromatic rings. The highest BCUT2D eigenvalue weighted by Gasteiger charge is 2.54. The van der Waals surface area contributed by atoms with Crippen molar-refractivity contribution < 1.29 is 177 Å². The Balaban J connectivity index is 0.000000308. The van der Waals surface area contributed by atoms with Gasteiger partial charge < -0.3 is 134 Å². The Hall–Kier alpha value is -15.3. The van der Waals surface area contributed by atoms with Gasteiger partial charge in [-0.2, -0.15) is 42.8 Å². The first-order valence-electron chi connectivity index (χ1n) is 42.5. The van der Waals surface area contributed by atoms with Crippen LogP contribution in [-0.2, 0) is 157 Å². The molecule has 149 heavy (non-hydrogen) atoms. The summed E-state index contributed by atoms with van der Waals surface area (Å²) in [6.45, 7) is 9.73. The van der Waals surface area contributed by atoms with Crippen molar-refractivity contribution in [1.29, 1.82) is 0 Å². The second-order valence-electron chi connectivity index (χ2n) is 30.9. The third-order valence-electron chi connectivity index (χ3n) is 19.2. The van der Waals surface area contributed by atoms with E-state index >= 15 is 0 Å². The van der Waals surface area contributed by atoms with Crippen molar-refractivity contribution in [3.8, 4) is 0 Å². The second-order valence-corrected chi connectivity index (χ2v) is 37.4. The molecule has 15 atom stereocenters. The predicted octanol–water partition coefficient (Wildman–Crippen LogP) is -1.51. The lowest BCUT2D eigenvalue weighted by Crippen LogP contribution is -2.41. The molecule has 0 saturated carbocycles. The van der Waals surface area contributed by atoms with Crippen LogP contribution in [0.1, 0.15) is 118 Å². The summed E-state index contributed by atoms with van der Waals surface area (Å²) < 4.78 is 159. The summed E-state index contributed by atoms with van der Waals surface area (Å²) in [6.07, 6.45) is 9.77. The maximum Gasteiger partial charge on any atom is 0.344 e. The van der Waals surface area contributed by atoms with E-state index in [4.69, 9.17) is 47.2 Å². The highest BCUT2D eigenvalue weighted by molar-refractivity contribution is 7.86. The van der Waals surface area contributed by atoms with Crippen molar-refractivity contribution in [3.63, 3.8) is 0 Å². The maximum absolute atomic E-state index is 11.5. The van der Waals surface area contributed by atoms with Gasteiger partial charge >= 0.3 is 76.5 Å². The van der Waals surface area contributed by atoms with Crippen LogP contribution in [0.4, 0.5) is 40.7 Å². The van der Waals surface area contributed by atoms with Crippen molar-refractivity contribution >= 4 is 117 Å². The molecule has 0 spiro atoms. The second kappa shape index (κ2) is 57.7. The number of aliphatic hydroxyl groups is 5. The molecule has 72 nitrogen and oxygen atoms in total. The van der Waals surface area contributed by atoms with Crippen LogP contribution < -0.4 is 0 Å². The lowest BCUT2D eigenvalue weighted by Gasteiger charge is -2.24. The number of esters is 6. The summed E-state index contributed by atoms with van der Waals surface area (Å²) in [5.74, 6) is -6.21. The average Bonchev–Trinajstić information content (AvgIpc) is 1.62. The summed E-state index contributed by atoms with van der Waals surface area (Å²) in [6, 6.07) is -0.869. The SMILES string of the molecule is CC(=O)OC(COS(C)(=O)=O)C(Cn1cncc1[N+](=O)[O-])OC(C)=O.CC(=O)OC(COS(C)(=O)=O)Cn1cncc1[N+](=O)[O-].CC(=O)OC1C(COS(C)(=O)=O)OC(n2cncc2[N+](=O)[O-])C1OC(C)=O.CC(=O)OCC(COS(C)(=O)=O)n1cc(Cn2cncc2[N+](=O)[O-])nn1.CCC(CO)n1cc(Cn2cncc2[N+](=O)[O-])nn1.CCC(O)C(O)Cn1cncc1[N+](=O)[O-].CCC1OC(n2cncc2[N+](=O)[O-])C(O)C1O. The Morgan fingerprint density at radius 2 is 0.765 bits per heavy atom. The van der Waals surface area contributed by atoms with Gasteiger partial charge in [-0.1, -0.05) is 31.2 Å². The molecular formula is C73H103N27O45S4. The van der Waals surface area contributed by atoms with Gasteiger partial charge in [-0.05, 0) is 53.7 Å². The van der Waals surface area contributed by atoms with Crippen LogP contribution in [0.25, 0.3) is 0 Å². The van der Waals surface area contributed by atoms with Gasteiger partial charge in [0.15, 0.2) is 68.7 Å². The highest BCUT2D eigenvalue weighted by atomic mass is 32.2. The van der Waals surface area contributed by atoms with Crippen molar-refractivity contribution in [3.05, 3.63) is 182 Å². The van der Waals surface area contributed by atoms with Crippen LogP contribution in [-0.4, -0.2) is 358 Å².